The van der Waals surface area contributed by atoms with Crippen LogP contribution in [0.4, 0.5) is 19.1 Å². The third-order valence-corrected chi connectivity index (χ3v) is 3.59. The number of rotatable bonds is 3. The van der Waals surface area contributed by atoms with Crippen LogP contribution in [-0.2, 0) is 0 Å². The standard InChI is InChI=1S/C14H13F3N6O/c15-9-6-18-14(19-7-9)23-3-1-22(2-4-23)13(24)11-5-10(12(16)17)20-8-21-11/h5-8,12H,1-4H2. The fourth-order valence-electron chi connectivity index (χ4n) is 2.35. The maximum absolute atomic E-state index is 12.8. The molecule has 0 bridgehead atoms. The molecule has 1 aliphatic heterocycles. The van der Waals surface area contributed by atoms with Gasteiger partial charge in [0.2, 0.25) is 5.95 Å². The van der Waals surface area contributed by atoms with E-state index in [1.54, 1.807) is 0 Å². The topological polar surface area (TPSA) is 75.1 Å². The highest BCUT2D eigenvalue weighted by atomic mass is 19.3. The number of carbonyl (C=O) groups is 1. The lowest BCUT2D eigenvalue weighted by Gasteiger charge is -2.34. The van der Waals surface area contributed by atoms with E-state index in [0.29, 0.717) is 32.1 Å². The number of amides is 1. The number of carbonyl (C=O) groups excluding carboxylic acids is 1. The lowest BCUT2D eigenvalue weighted by atomic mass is 10.2. The summed E-state index contributed by atoms with van der Waals surface area (Å²) in [6.45, 7) is 1.61. The second-order valence-electron chi connectivity index (χ2n) is 5.11. The zero-order chi connectivity index (χ0) is 17.1. The van der Waals surface area contributed by atoms with Crippen molar-refractivity contribution in [1.29, 1.82) is 0 Å². The Morgan fingerprint density at radius 1 is 1.04 bits per heavy atom. The molecule has 7 nitrogen and oxygen atoms in total. The minimum absolute atomic E-state index is 0.0632. The van der Waals surface area contributed by atoms with Gasteiger partial charge in [-0.15, -0.1) is 0 Å². The van der Waals surface area contributed by atoms with Crippen LogP contribution in [0.1, 0.15) is 22.6 Å². The van der Waals surface area contributed by atoms with Crippen molar-refractivity contribution in [1.82, 2.24) is 24.8 Å². The summed E-state index contributed by atoms with van der Waals surface area (Å²) in [5.41, 5.74) is -0.543. The molecule has 0 saturated carbocycles. The van der Waals surface area contributed by atoms with Crippen LogP contribution in [0.25, 0.3) is 0 Å². The molecule has 1 aliphatic rings. The zero-order valence-electron chi connectivity index (χ0n) is 12.4. The molecule has 24 heavy (non-hydrogen) atoms. The van der Waals surface area contributed by atoms with E-state index in [1.807, 2.05) is 4.90 Å². The highest BCUT2D eigenvalue weighted by molar-refractivity contribution is 5.92. The van der Waals surface area contributed by atoms with Crippen molar-refractivity contribution in [3.63, 3.8) is 0 Å². The van der Waals surface area contributed by atoms with Crippen molar-refractivity contribution in [3.05, 3.63) is 42.0 Å². The van der Waals surface area contributed by atoms with Gasteiger partial charge in [-0.3, -0.25) is 4.79 Å². The molecule has 3 heterocycles. The molecule has 0 aromatic carbocycles. The third-order valence-electron chi connectivity index (χ3n) is 3.59. The molecule has 126 valence electrons. The summed E-state index contributed by atoms with van der Waals surface area (Å²) < 4.78 is 38.2. The largest absolute Gasteiger partial charge is 0.337 e. The maximum atomic E-state index is 12.8. The van der Waals surface area contributed by atoms with Crippen molar-refractivity contribution < 1.29 is 18.0 Å². The Hall–Kier alpha value is -2.78. The average Bonchev–Trinajstić information content (AvgIpc) is 2.62. The molecule has 3 rings (SSSR count). The fourth-order valence-corrected chi connectivity index (χ4v) is 2.35. The molecule has 1 saturated heterocycles. The van der Waals surface area contributed by atoms with Gasteiger partial charge in [-0.2, -0.15) is 0 Å². The van der Waals surface area contributed by atoms with Gasteiger partial charge in [-0.05, 0) is 6.07 Å². The van der Waals surface area contributed by atoms with Crippen LogP contribution < -0.4 is 4.90 Å². The van der Waals surface area contributed by atoms with Gasteiger partial charge < -0.3 is 9.80 Å². The Morgan fingerprint density at radius 3 is 2.33 bits per heavy atom. The van der Waals surface area contributed by atoms with Crippen molar-refractivity contribution in [2.24, 2.45) is 0 Å². The van der Waals surface area contributed by atoms with Crippen LogP contribution in [0, 0.1) is 5.82 Å². The van der Waals surface area contributed by atoms with Crippen molar-refractivity contribution in [2.75, 3.05) is 31.1 Å². The second kappa shape index (κ2) is 6.77. The molecule has 0 N–H and O–H groups in total. The normalized spacial score (nSPS) is 15.0. The summed E-state index contributed by atoms with van der Waals surface area (Å²) in [4.78, 5) is 30.7. The minimum Gasteiger partial charge on any atom is -0.337 e. The SMILES string of the molecule is O=C(c1cc(C(F)F)ncn1)N1CCN(c2ncc(F)cn2)CC1. The van der Waals surface area contributed by atoms with Gasteiger partial charge in [0.1, 0.15) is 17.7 Å². The van der Waals surface area contributed by atoms with Gasteiger partial charge in [-0.1, -0.05) is 0 Å². The van der Waals surface area contributed by atoms with Crippen LogP contribution in [-0.4, -0.2) is 56.9 Å². The number of hydrogen-bond donors (Lipinski definition) is 0. The van der Waals surface area contributed by atoms with Gasteiger partial charge in [0.05, 0.1) is 12.4 Å². The van der Waals surface area contributed by atoms with E-state index in [2.05, 4.69) is 19.9 Å². The van der Waals surface area contributed by atoms with Gasteiger partial charge in [0.25, 0.3) is 12.3 Å². The van der Waals surface area contributed by atoms with E-state index in [9.17, 15) is 18.0 Å². The molecular formula is C14H13F3N6O. The predicted octanol–water partition coefficient (Wildman–Crippen LogP) is 1.31. The minimum atomic E-state index is -2.76. The number of aromatic nitrogens is 4. The van der Waals surface area contributed by atoms with Crippen LogP contribution in [0.5, 0.6) is 0 Å². The van der Waals surface area contributed by atoms with E-state index < -0.39 is 23.8 Å². The Balaban J connectivity index is 1.65. The van der Waals surface area contributed by atoms with Gasteiger partial charge in [0.15, 0.2) is 5.82 Å². The van der Waals surface area contributed by atoms with Crippen LogP contribution in [0.2, 0.25) is 0 Å². The van der Waals surface area contributed by atoms with E-state index in [-0.39, 0.29) is 5.69 Å². The van der Waals surface area contributed by atoms with Gasteiger partial charge in [-0.25, -0.2) is 33.1 Å². The number of nitrogens with zero attached hydrogens (tertiary/aromatic N) is 6. The van der Waals surface area contributed by atoms with Gasteiger partial charge in [0, 0.05) is 26.2 Å². The lowest BCUT2D eigenvalue weighted by molar-refractivity contribution is 0.0739. The summed E-state index contributed by atoms with van der Waals surface area (Å²) in [7, 11) is 0. The quantitative estimate of drug-likeness (QED) is 0.840. The Kier molecular flexibility index (Phi) is 4.54. The third kappa shape index (κ3) is 3.42. The molecule has 1 amide bonds. The summed E-state index contributed by atoms with van der Waals surface area (Å²) >= 11 is 0. The molecule has 2 aromatic rings. The molecule has 0 atom stereocenters. The monoisotopic (exact) mass is 338 g/mol. The summed E-state index contributed by atoms with van der Waals surface area (Å²) in [5.74, 6) is -0.573. The number of anilines is 1. The first kappa shape index (κ1) is 16.1. The van der Waals surface area contributed by atoms with E-state index in [4.69, 9.17) is 0 Å². The zero-order valence-corrected chi connectivity index (χ0v) is 12.4. The summed E-state index contributed by atoms with van der Waals surface area (Å²) in [6.07, 6.45) is 0.350. The maximum Gasteiger partial charge on any atom is 0.280 e. The molecule has 10 heteroatoms. The number of alkyl halides is 2. The van der Waals surface area contributed by atoms with E-state index in [1.165, 1.54) is 4.90 Å². The van der Waals surface area contributed by atoms with Crippen molar-refractivity contribution >= 4 is 11.9 Å². The van der Waals surface area contributed by atoms with Crippen LogP contribution in [0.3, 0.4) is 0 Å². The second-order valence-corrected chi connectivity index (χ2v) is 5.11. The smallest absolute Gasteiger partial charge is 0.280 e. The average molecular weight is 338 g/mol. The lowest BCUT2D eigenvalue weighted by Crippen LogP contribution is -2.49. The van der Waals surface area contributed by atoms with Crippen LogP contribution >= 0.6 is 0 Å². The van der Waals surface area contributed by atoms with Crippen LogP contribution in [0.15, 0.2) is 24.8 Å². The van der Waals surface area contributed by atoms with Crippen molar-refractivity contribution in [3.8, 4) is 0 Å². The predicted molar refractivity (Wildman–Crippen MR) is 77.1 cm³/mol. The molecule has 0 aliphatic carbocycles. The Morgan fingerprint density at radius 2 is 1.71 bits per heavy atom. The number of piperazine rings is 1. The number of halogens is 3. The highest BCUT2D eigenvalue weighted by Gasteiger charge is 2.25. The van der Waals surface area contributed by atoms with Crippen molar-refractivity contribution in [2.45, 2.75) is 6.43 Å². The molecule has 0 radical (unpaired) electrons. The Bertz CT molecular complexity index is 719. The Labute approximate surface area is 135 Å². The van der Waals surface area contributed by atoms with E-state index >= 15 is 0 Å². The first-order valence-electron chi connectivity index (χ1n) is 7.16. The summed E-state index contributed by atoms with van der Waals surface area (Å²) in [6, 6.07) is 1.00. The highest BCUT2D eigenvalue weighted by Crippen LogP contribution is 2.17. The molecular weight excluding hydrogens is 325 g/mol. The molecule has 1 fully saturated rings. The first-order chi connectivity index (χ1) is 11.5. The molecule has 2 aromatic heterocycles. The number of hydrogen-bond acceptors (Lipinski definition) is 6. The summed E-state index contributed by atoms with van der Waals surface area (Å²) in [5, 5.41) is 0. The molecule has 0 spiro atoms. The molecule has 0 unspecified atom stereocenters. The first-order valence-corrected chi connectivity index (χ1v) is 7.16. The van der Waals surface area contributed by atoms with Gasteiger partial charge >= 0.3 is 0 Å². The fraction of sp³-hybridized carbons (Fsp3) is 0.357. The van der Waals surface area contributed by atoms with E-state index in [0.717, 1.165) is 24.8 Å².